The van der Waals surface area contributed by atoms with Crippen molar-refractivity contribution in [2.75, 3.05) is 0 Å². The van der Waals surface area contributed by atoms with E-state index in [1.807, 2.05) is 0 Å². The molecular formula is C10H16OS. The Hall–Kier alpha value is -0.500. The molecule has 1 aromatic rings. The highest BCUT2D eigenvalue weighted by Gasteiger charge is 2.14. The molecule has 0 bridgehead atoms. The van der Waals surface area contributed by atoms with Crippen LogP contribution in [0.3, 0.4) is 0 Å². The summed E-state index contributed by atoms with van der Waals surface area (Å²) in [5.74, 6) is 1.38. The van der Waals surface area contributed by atoms with Crippen LogP contribution in [0.4, 0.5) is 0 Å². The molecular weight excluding hydrogens is 168 g/mol. The van der Waals surface area contributed by atoms with E-state index in [1.54, 1.807) is 11.3 Å². The third kappa shape index (κ3) is 1.63. The molecule has 0 aromatic carbocycles. The molecule has 0 radical (unpaired) electrons. The van der Waals surface area contributed by atoms with Gasteiger partial charge in [0.15, 0.2) is 0 Å². The topological polar surface area (TPSA) is 20.2 Å². The van der Waals surface area contributed by atoms with Crippen LogP contribution < -0.4 is 0 Å². The zero-order valence-corrected chi connectivity index (χ0v) is 8.90. The molecule has 2 heteroatoms. The molecule has 1 aromatic heterocycles. The highest BCUT2D eigenvalue weighted by Crippen LogP contribution is 2.38. The number of aromatic hydroxyl groups is 1. The highest BCUT2D eigenvalue weighted by molar-refractivity contribution is 7.10. The fourth-order valence-corrected chi connectivity index (χ4v) is 2.34. The van der Waals surface area contributed by atoms with Crippen molar-refractivity contribution in [3.63, 3.8) is 0 Å². The largest absolute Gasteiger partial charge is 0.506 e. The van der Waals surface area contributed by atoms with Gasteiger partial charge in [0.2, 0.25) is 0 Å². The first-order valence-corrected chi connectivity index (χ1v) is 5.22. The molecule has 1 heterocycles. The number of rotatable bonds is 2. The van der Waals surface area contributed by atoms with Crippen LogP contribution in [0.25, 0.3) is 0 Å². The van der Waals surface area contributed by atoms with Crippen molar-refractivity contribution >= 4 is 11.3 Å². The molecule has 68 valence electrons. The Morgan fingerprint density at radius 3 is 2.00 bits per heavy atom. The van der Waals surface area contributed by atoms with Crippen molar-refractivity contribution < 1.29 is 5.11 Å². The van der Waals surface area contributed by atoms with Crippen molar-refractivity contribution in [2.45, 2.75) is 39.5 Å². The van der Waals surface area contributed by atoms with Gasteiger partial charge in [0.05, 0.1) is 0 Å². The summed E-state index contributed by atoms with van der Waals surface area (Å²) in [5, 5.41) is 11.8. The fourth-order valence-electron chi connectivity index (χ4n) is 1.20. The number of thiophene rings is 1. The lowest BCUT2D eigenvalue weighted by Crippen LogP contribution is -1.86. The first kappa shape index (κ1) is 9.59. The van der Waals surface area contributed by atoms with E-state index in [-0.39, 0.29) is 0 Å². The van der Waals surface area contributed by atoms with Gasteiger partial charge in [-0.2, -0.15) is 0 Å². The highest BCUT2D eigenvalue weighted by atomic mass is 32.1. The average molecular weight is 184 g/mol. The third-order valence-electron chi connectivity index (χ3n) is 1.97. The van der Waals surface area contributed by atoms with E-state index in [1.165, 1.54) is 0 Å². The molecule has 0 aliphatic rings. The monoisotopic (exact) mass is 184 g/mol. The standard InChI is InChI=1S/C10H16OS/c1-6(2)8-5-12-10(7(3)4)9(8)11/h5-7,11H,1-4H3. The molecule has 0 aliphatic heterocycles. The molecule has 0 atom stereocenters. The molecule has 0 saturated carbocycles. The Morgan fingerprint density at radius 2 is 1.75 bits per heavy atom. The summed E-state index contributed by atoms with van der Waals surface area (Å²) in [5.41, 5.74) is 1.09. The summed E-state index contributed by atoms with van der Waals surface area (Å²) in [6.45, 7) is 8.42. The van der Waals surface area contributed by atoms with Crippen molar-refractivity contribution in [3.8, 4) is 5.75 Å². The zero-order valence-electron chi connectivity index (χ0n) is 8.09. The maximum atomic E-state index is 9.78. The van der Waals surface area contributed by atoms with Crippen LogP contribution in [-0.4, -0.2) is 5.11 Å². The minimum atomic E-state index is 0.425. The maximum absolute atomic E-state index is 9.78. The van der Waals surface area contributed by atoms with Crippen LogP contribution in [0.2, 0.25) is 0 Å². The Labute approximate surface area is 78.1 Å². The second-order valence-corrected chi connectivity index (χ2v) is 4.62. The summed E-state index contributed by atoms with van der Waals surface area (Å²) in [7, 11) is 0. The van der Waals surface area contributed by atoms with E-state index in [0.717, 1.165) is 10.4 Å². The summed E-state index contributed by atoms with van der Waals surface area (Å²) in [6, 6.07) is 0. The molecule has 0 fully saturated rings. The summed E-state index contributed by atoms with van der Waals surface area (Å²) in [4.78, 5) is 1.11. The van der Waals surface area contributed by atoms with Gasteiger partial charge in [-0.05, 0) is 17.2 Å². The second-order valence-electron chi connectivity index (χ2n) is 3.71. The Bertz CT molecular complexity index is 235. The minimum Gasteiger partial charge on any atom is -0.506 e. The summed E-state index contributed by atoms with van der Waals surface area (Å²) in [6.07, 6.45) is 0. The molecule has 0 spiro atoms. The van der Waals surface area contributed by atoms with E-state index in [0.29, 0.717) is 17.6 Å². The smallest absolute Gasteiger partial charge is 0.133 e. The van der Waals surface area contributed by atoms with Gasteiger partial charge in [-0.15, -0.1) is 11.3 Å². The van der Waals surface area contributed by atoms with Crippen LogP contribution in [0.15, 0.2) is 5.38 Å². The first-order valence-electron chi connectivity index (χ1n) is 4.34. The van der Waals surface area contributed by atoms with Gasteiger partial charge in [0, 0.05) is 10.4 Å². The Kier molecular flexibility index (Phi) is 2.78. The van der Waals surface area contributed by atoms with Gasteiger partial charge in [0.1, 0.15) is 5.75 Å². The van der Waals surface area contributed by atoms with Crippen molar-refractivity contribution in [3.05, 3.63) is 15.8 Å². The normalized spacial score (nSPS) is 11.5. The lowest BCUT2D eigenvalue weighted by Gasteiger charge is -2.05. The van der Waals surface area contributed by atoms with E-state index in [4.69, 9.17) is 0 Å². The molecule has 1 rings (SSSR count). The first-order chi connectivity index (χ1) is 5.54. The molecule has 0 saturated heterocycles. The number of hydrogen-bond acceptors (Lipinski definition) is 2. The molecule has 0 amide bonds. The van der Waals surface area contributed by atoms with E-state index in [2.05, 4.69) is 33.1 Å². The van der Waals surface area contributed by atoms with Gasteiger partial charge in [-0.1, -0.05) is 27.7 Å². The van der Waals surface area contributed by atoms with Crippen molar-refractivity contribution in [1.82, 2.24) is 0 Å². The third-order valence-corrected chi connectivity index (χ3v) is 3.26. The summed E-state index contributed by atoms with van der Waals surface area (Å²) < 4.78 is 0. The van der Waals surface area contributed by atoms with E-state index in [9.17, 15) is 5.11 Å². The second kappa shape index (κ2) is 3.48. The van der Waals surface area contributed by atoms with E-state index >= 15 is 0 Å². The van der Waals surface area contributed by atoms with Crippen LogP contribution in [-0.2, 0) is 0 Å². The molecule has 1 nitrogen and oxygen atoms in total. The Balaban J connectivity index is 3.04. The lowest BCUT2D eigenvalue weighted by atomic mass is 10.0. The van der Waals surface area contributed by atoms with Crippen LogP contribution in [0.5, 0.6) is 5.75 Å². The van der Waals surface area contributed by atoms with E-state index < -0.39 is 0 Å². The maximum Gasteiger partial charge on any atom is 0.133 e. The minimum absolute atomic E-state index is 0.425. The molecule has 12 heavy (non-hydrogen) atoms. The molecule has 0 unspecified atom stereocenters. The Morgan fingerprint density at radius 1 is 1.17 bits per heavy atom. The van der Waals surface area contributed by atoms with Crippen molar-refractivity contribution in [1.29, 1.82) is 0 Å². The average Bonchev–Trinajstić information content (AvgIpc) is 2.30. The van der Waals surface area contributed by atoms with Gasteiger partial charge in [-0.3, -0.25) is 0 Å². The SMILES string of the molecule is CC(C)c1csc(C(C)C)c1O. The fraction of sp³-hybridized carbons (Fsp3) is 0.600. The van der Waals surface area contributed by atoms with Crippen LogP contribution in [0, 0.1) is 0 Å². The van der Waals surface area contributed by atoms with Crippen molar-refractivity contribution in [2.24, 2.45) is 0 Å². The van der Waals surface area contributed by atoms with Crippen LogP contribution >= 0.6 is 11.3 Å². The molecule has 1 N–H and O–H groups in total. The van der Waals surface area contributed by atoms with Gasteiger partial charge < -0.3 is 5.11 Å². The predicted octanol–water partition coefficient (Wildman–Crippen LogP) is 3.70. The lowest BCUT2D eigenvalue weighted by molar-refractivity contribution is 0.459. The van der Waals surface area contributed by atoms with Crippen LogP contribution in [0.1, 0.15) is 50.0 Å². The van der Waals surface area contributed by atoms with Gasteiger partial charge in [0.25, 0.3) is 0 Å². The van der Waals surface area contributed by atoms with Gasteiger partial charge in [-0.25, -0.2) is 0 Å². The zero-order chi connectivity index (χ0) is 9.30. The number of hydrogen-bond donors (Lipinski definition) is 1. The summed E-state index contributed by atoms with van der Waals surface area (Å²) >= 11 is 1.66. The predicted molar refractivity (Wildman–Crippen MR) is 54.2 cm³/mol. The quantitative estimate of drug-likeness (QED) is 0.743. The van der Waals surface area contributed by atoms with Gasteiger partial charge >= 0.3 is 0 Å². The molecule has 0 aliphatic carbocycles.